The molecule has 13 heavy (non-hydrogen) atoms. The van der Waals surface area contributed by atoms with Gasteiger partial charge in [0.2, 0.25) is 0 Å². The summed E-state index contributed by atoms with van der Waals surface area (Å²) in [6, 6.07) is 0. The lowest BCUT2D eigenvalue weighted by molar-refractivity contribution is -0.114. The molecule has 0 bridgehead atoms. The third kappa shape index (κ3) is 9.03. The Balaban J connectivity index is 3.16. The zero-order valence-corrected chi connectivity index (χ0v) is 8.44. The molecule has 0 saturated carbocycles. The summed E-state index contributed by atoms with van der Waals surface area (Å²) >= 11 is 0. The summed E-state index contributed by atoms with van der Waals surface area (Å²) in [4.78, 5) is 10.9. The lowest BCUT2D eigenvalue weighted by atomic mass is 10.1. The molecule has 0 radical (unpaired) electrons. The third-order valence-corrected chi connectivity index (χ3v) is 2.01. The van der Waals surface area contributed by atoms with Gasteiger partial charge in [-0.15, -0.1) is 0 Å². The van der Waals surface area contributed by atoms with Crippen LogP contribution in [-0.4, -0.2) is 11.7 Å². The molecule has 0 heterocycles. The highest BCUT2D eigenvalue weighted by Gasteiger charge is 1.95. The van der Waals surface area contributed by atoms with Crippen LogP contribution >= 0.6 is 0 Å². The molecule has 0 atom stereocenters. The van der Waals surface area contributed by atoms with Crippen molar-refractivity contribution in [2.45, 2.75) is 51.9 Å². The van der Waals surface area contributed by atoms with E-state index < -0.39 is 0 Å². The Kier molecular flexibility index (Phi) is 8.59. The van der Waals surface area contributed by atoms with Crippen LogP contribution in [0.15, 0.2) is 6.08 Å². The second-order valence-corrected chi connectivity index (χ2v) is 3.27. The van der Waals surface area contributed by atoms with Crippen LogP contribution < -0.4 is 0 Å². The Morgan fingerprint density at radius 3 is 2.46 bits per heavy atom. The predicted molar refractivity (Wildman–Crippen MR) is 55.3 cm³/mol. The van der Waals surface area contributed by atoms with E-state index in [1.54, 1.807) is 0 Å². The SMILES string of the molecule is CCCCCCCCC(=O)C=C=N. The van der Waals surface area contributed by atoms with E-state index >= 15 is 0 Å². The molecule has 0 rings (SSSR count). The molecule has 0 aromatic carbocycles. The van der Waals surface area contributed by atoms with E-state index in [9.17, 15) is 4.79 Å². The van der Waals surface area contributed by atoms with Crippen LogP contribution in [0.3, 0.4) is 0 Å². The molecule has 0 fully saturated rings. The zero-order valence-electron chi connectivity index (χ0n) is 8.44. The Labute approximate surface area is 80.5 Å². The Hall–Kier alpha value is -0.880. The molecule has 0 aromatic heterocycles. The van der Waals surface area contributed by atoms with Crippen LogP contribution in [0.5, 0.6) is 0 Å². The number of allylic oxidation sites excluding steroid dienone is 1. The van der Waals surface area contributed by atoms with Gasteiger partial charge < -0.3 is 0 Å². The fourth-order valence-corrected chi connectivity index (χ4v) is 1.23. The van der Waals surface area contributed by atoms with E-state index in [0.29, 0.717) is 6.42 Å². The van der Waals surface area contributed by atoms with Crippen molar-refractivity contribution in [2.24, 2.45) is 0 Å². The maximum absolute atomic E-state index is 10.9. The van der Waals surface area contributed by atoms with Gasteiger partial charge in [0.25, 0.3) is 0 Å². The molecule has 1 N–H and O–H groups in total. The average Bonchev–Trinajstić information content (AvgIpc) is 2.11. The summed E-state index contributed by atoms with van der Waals surface area (Å²) in [7, 11) is 0. The highest BCUT2D eigenvalue weighted by molar-refractivity contribution is 5.96. The highest BCUT2D eigenvalue weighted by atomic mass is 16.1. The monoisotopic (exact) mass is 181 g/mol. The van der Waals surface area contributed by atoms with Crippen LogP contribution in [0.1, 0.15) is 51.9 Å². The number of ketones is 1. The first kappa shape index (κ1) is 12.1. The van der Waals surface area contributed by atoms with Crippen LogP contribution in [0.25, 0.3) is 0 Å². The van der Waals surface area contributed by atoms with E-state index in [-0.39, 0.29) is 5.78 Å². The highest BCUT2D eigenvalue weighted by Crippen LogP contribution is 2.06. The van der Waals surface area contributed by atoms with E-state index in [1.807, 2.05) is 5.87 Å². The summed E-state index contributed by atoms with van der Waals surface area (Å²) in [5.74, 6) is 2.04. The molecule has 0 saturated heterocycles. The first-order valence-electron chi connectivity index (χ1n) is 5.09. The normalized spacial score (nSPS) is 9.31. The first-order valence-corrected chi connectivity index (χ1v) is 5.09. The molecule has 0 aliphatic carbocycles. The van der Waals surface area contributed by atoms with Crippen molar-refractivity contribution in [1.29, 1.82) is 5.41 Å². The van der Waals surface area contributed by atoms with Crippen LogP contribution in [-0.2, 0) is 4.79 Å². The minimum atomic E-state index is 0.0329. The van der Waals surface area contributed by atoms with Crippen LogP contribution in [0.2, 0.25) is 0 Å². The summed E-state index contributed by atoms with van der Waals surface area (Å²) in [6.45, 7) is 2.19. The number of rotatable bonds is 8. The maximum Gasteiger partial charge on any atom is 0.164 e. The summed E-state index contributed by atoms with van der Waals surface area (Å²) < 4.78 is 0. The van der Waals surface area contributed by atoms with Gasteiger partial charge in [0.05, 0.1) is 0 Å². The first-order chi connectivity index (χ1) is 6.31. The lowest BCUT2D eigenvalue weighted by Crippen LogP contribution is -1.92. The summed E-state index contributed by atoms with van der Waals surface area (Å²) in [5, 5.41) is 6.58. The van der Waals surface area contributed by atoms with Gasteiger partial charge in [0, 0.05) is 12.5 Å². The van der Waals surface area contributed by atoms with Crippen molar-refractivity contribution in [3.05, 3.63) is 6.08 Å². The molecular weight excluding hydrogens is 162 g/mol. The standard InChI is InChI=1S/C11H19NO/c1-2-3-4-5-6-7-8-11(13)9-10-12/h9,12H,2-8H2,1H3. The molecule has 2 nitrogen and oxygen atoms in total. The fraction of sp³-hybridized carbons (Fsp3) is 0.727. The number of hydrogen-bond donors (Lipinski definition) is 1. The van der Waals surface area contributed by atoms with Crippen molar-refractivity contribution in [1.82, 2.24) is 0 Å². The minimum absolute atomic E-state index is 0.0329. The van der Waals surface area contributed by atoms with Crippen molar-refractivity contribution in [2.75, 3.05) is 0 Å². The number of carbonyl (C=O) groups excluding carboxylic acids is 1. The summed E-state index contributed by atoms with van der Waals surface area (Å²) in [6.07, 6.45) is 8.96. The molecule has 0 unspecified atom stereocenters. The van der Waals surface area contributed by atoms with Crippen molar-refractivity contribution < 1.29 is 4.79 Å². The van der Waals surface area contributed by atoms with E-state index in [0.717, 1.165) is 12.8 Å². The average molecular weight is 181 g/mol. The van der Waals surface area contributed by atoms with E-state index in [2.05, 4.69) is 6.92 Å². The van der Waals surface area contributed by atoms with Crippen LogP contribution in [0, 0.1) is 5.41 Å². The molecular formula is C11H19NO. The zero-order chi connectivity index (χ0) is 9.94. The molecule has 0 amide bonds. The Morgan fingerprint density at radius 2 is 1.85 bits per heavy atom. The number of hydrogen-bond acceptors (Lipinski definition) is 2. The summed E-state index contributed by atoms with van der Waals surface area (Å²) in [5.41, 5.74) is 0. The second-order valence-electron chi connectivity index (χ2n) is 3.27. The molecule has 2 heteroatoms. The van der Waals surface area contributed by atoms with Crippen molar-refractivity contribution in [3.8, 4) is 0 Å². The maximum atomic E-state index is 10.9. The second kappa shape index (κ2) is 9.21. The van der Waals surface area contributed by atoms with Gasteiger partial charge in [-0.3, -0.25) is 10.2 Å². The van der Waals surface area contributed by atoms with Gasteiger partial charge in [0.15, 0.2) is 5.78 Å². The topological polar surface area (TPSA) is 40.9 Å². The minimum Gasteiger partial charge on any atom is -0.294 e. The molecule has 0 spiro atoms. The Morgan fingerprint density at radius 1 is 1.23 bits per heavy atom. The lowest BCUT2D eigenvalue weighted by Gasteiger charge is -1.97. The van der Waals surface area contributed by atoms with Crippen molar-refractivity contribution >= 4 is 11.7 Å². The number of nitrogens with one attached hydrogen (secondary N) is 1. The predicted octanol–water partition coefficient (Wildman–Crippen LogP) is 3.11. The van der Waals surface area contributed by atoms with Gasteiger partial charge in [-0.05, 0) is 12.3 Å². The quantitative estimate of drug-likeness (QED) is 0.349. The van der Waals surface area contributed by atoms with Gasteiger partial charge in [-0.25, -0.2) is 0 Å². The molecule has 0 aliphatic heterocycles. The van der Waals surface area contributed by atoms with Crippen LogP contribution in [0.4, 0.5) is 0 Å². The van der Waals surface area contributed by atoms with Gasteiger partial charge in [-0.1, -0.05) is 39.0 Å². The smallest absolute Gasteiger partial charge is 0.164 e. The van der Waals surface area contributed by atoms with Gasteiger partial charge in [-0.2, -0.15) is 0 Å². The van der Waals surface area contributed by atoms with E-state index in [4.69, 9.17) is 5.41 Å². The Bertz CT molecular complexity index is 181. The fourth-order valence-electron chi connectivity index (χ4n) is 1.23. The van der Waals surface area contributed by atoms with Gasteiger partial charge in [0.1, 0.15) is 0 Å². The number of unbranched alkanes of at least 4 members (excludes halogenated alkanes) is 5. The molecule has 0 aromatic rings. The van der Waals surface area contributed by atoms with Crippen molar-refractivity contribution in [3.63, 3.8) is 0 Å². The third-order valence-electron chi connectivity index (χ3n) is 2.01. The molecule has 0 aliphatic rings. The molecule has 74 valence electrons. The number of carbonyl (C=O) groups is 1. The largest absolute Gasteiger partial charge is 0.294 e. The van der Waals surface area contributed by atoms with E-state index in [1.165, 1.54) is 31.8 Å². The van der Waals surface area contributed by atoms with Gasteiger partial charge >= 0.3 is 0 Å².